The number of hydrogen-bond acceptors (Lipinski definition) is 8. The van der Waals surface area contributed by atoms with Crippen molar-refractivity contribution < 1.29 is 23.0 Å². The minimum absolute atomic E-state index is 0.00692. The van der Waals surface area contributed by atoms with Gasteiger partial charge in [-0.3, -0.25) is 9.88 Å². The van der Waals surface area contributed by atoms with Gasteiger partial charge in [0.25, 0.3) is 0 Å². The first-order valence-electron chi connectivity index (χ1n) is 15.8. The van der Waals surface area contributed by atoms with Gasteiger partial charge in [0, 0.05) is 54.3 Å². The van der Waals surface area contributed by atoms with E-state index in [0.29, 0.717) is 59.7 Å². The molecule has 2 aromatic heterocycles. The number of nitrogens with one attached hydrogen (secondary N) is 1. The van der Waals surface area contributed by atoms with Crippen LogP contribution < -0.4 is 10.1 Å². The van der Waals surface area contributed by atoms with E-state index in [9.17, 15) is 9.18 Å². The van der Waals surface area contributed by atoms with Gasteiger partial charge in [-0.05, 0) is 58.0 Å². The molecule has 0 saturated carbocycles. The smallest absolute Gasteiger partial charge is 0.410 e. The van der Waals surface area contributed by atoms with Crippen molar-refractivity contribution in [2.45, 2.75) is 69.8 Å². The van der Waals surface area contributed by atoms with Crippen molar-refractivity contribution in [3.8, 4) is 17.3 Å². The summed E-state index contributed by atoms with van der Waals surface area (Å²) in [5.74, 6) is -0.284. The number of amides is 1. The van der Waals surface area contributed by atoms with E-state index in [1.165, 1.54) is 0 Å². The summed E-state index contributed by atoms with van der Waals surface area (Å²) in [5, 5.41) is 5.81. The van der Waals surface area contributed by atoms with Gasteiger partial charge in [0.1, 0.15) is 35.4 Å². The zero-order chi connectivity index (χ0) is 32.2. The van der Waals surface area contributed by atoms with Crippen LogP contribution in [0.5, 0.6) is 6.01 Å². The predicted molar refractivity (Wildman–Crippen MR) is 174 cm³/mol. The molecule has 0 bridgehead atoms. The van der Waals surface area contributed by atoms with Gasteiger partial charge in [0.2, 0.25) is 0 Å². The Balaban J connectivity index is 1.25. The van der Waals surface area contributed by atoms with Crippen LogP contribution in [0.25, 0.3) is 32.9 Å². The van der Waals surface area contributed by atoms with Gasteiger partial charge < -0.3 is 19.7 Å². The van der Waals surface area contributed by atoms with Crippen LogP contribution in [-0.4, -0.2) is 87.0 Å². The van der Waals surface area contributed by atoms with E-state index in [-0.39, 0.29) is 36.0 Å². The Bertz CT molecular complexity index is 1810. The molecule has 9 nitrogen and oxygen atoms in total. The summed E-state index contributed by atoms with van der Waals surface area (Å²) in [5.41, 5.74) is -0.341. The summed E-state index contributed by atoms with van der Waals surface area (Å²) in [4.78, 5) is 30.3. The molecule has 4 aromatic rings. The molecule has 46 heavy (non-hydrogen) atoms. The van der Waals surface area contributed by atoms with Crippen molar-refractivity contribution >= 4 is 45.2 Å². The zero-order valence-electron chi connectivity index (χ0n) is 26.2. The average molecular weight is 651 g/mol. The van der Waals surface area contributed by atoms with Crippen molar-refractivity contribution in [3.63, 3.8) is 0 Å². The van der Waals surface area contributed by atoms with Crippen LogP contribution in [0.3, 0.4) is 0 Å². The van der Waals surface area contributed by atoms with Gasteiger partial charge in [-0.15, -0.1) is 0 Å². The molecule has 3 saturated heterocycles. The topological polar surface area (TPSA) is 92.7 Å². The first-order valence-corrected chi connectivity index (χ1v) is 16.2. The molecule has 5 heterocycles. The molecule has 0 spiro atoms. The van der Waals surface area contributed by atoms with Crippen LogP contribution in [0.1, 0.15) is 46.5 Å². The Morgan fingerprint density at radius 2 is 1.96 bits per heavy atom. The Hall–Kier alpha value is -3.83. The Morgan fingerprint density at radius 3 is 2.76 bits per heavy atom. The number of nitrogens with zero attached hydrogens (tertiary/aromatic N) is 5. The highest BCUT2D eigenvalue weighted by atomic mass is 35.5. The lowest BCUT2D eigenvalue weighted by Crippen LogP contribution is -2.43. The number of carbonyl (C=O) groups is 1. The number of aromatic nitrogens is 3. The lowest BCUT2D eigenvalue weighted by molar-refractivity contribution is 0.0293. The summed E-state index contributed by atoms with van der Waals surface area (Å²) in [7, 11) is 0. The molecule has 3 aliphatic rings. The van der Waals surface area contributed by atoms with E-state index < -0.39 is 23.1 Å². The molecule has 3 atom stereocenters. The highest BCUT2D eigenvalue weighted by Gasteiger charge is 2.49. The van der Waals surface area contributed by atoms with Crippen LogP contribution in [0.2, 0.25) is 5.02 Å². The van der Waals surface area contributed by atoms with Gasteiger partial charge in [-0.1, -0.05) is 41.9 Å². The molecule has 1 amide bonds. The summed E-state index contributed by atoms with van der Waals surface area (Å²) in [6.07, 6.45) is 3.07. The van der Waals surface area contributed by atoms with Crippen LogP contribution in [-0.2, 0) is 4.74 Å². The number of likely N-dealkylation sites (tertiary alicyclic amines) is 1. The number of alkyl halides is 1. The number of anilines is 1. The number of ether oxygens (including phenoxy) is 2. The number of hydrogen-bond donors (Lipinski definition) is 1. The van der Waals surface area contributed by atoms with E-state index in [1.54, 1.807) is 23.2 Å². The third-order valence-electron chi connectivity index (χ3n) is 9.18. The first-order chi connectivity index (χ1) is 22.0. The standard InChI is InChI=1S/C34H37ClF2N6O3/c1-33(2,3)46-32(44)42-14-11-22(18-42)39-30-24-16-38-28(23-9-4-7-20-8-5-10-25(35)26(20)23)27(37)29(24)40-31(41-30)45-19-34-12-6-13-43(34)17-21(36)15-34/h4-5,7-10,16,21-22H,6,11-15,17-19H2,1-3H3,(H,39,40,41)/t21-,22-,34+/m1/s1. The lowest BCUT2D eigenvalue weighted by Gasteiger charge is -2.30. The van der Waals surface area contributed by atoms with Crippen LogP contribution in [0.4, 0.5) is 19.4 Å². The maximum atomic E-state index is 16.6. The summed E-state index contributed by atoms with van der Waals surface area (Å²) in [6.45, 7) is 7.79. The monoisotopic (exact) mass is 650 g/mol. The molecular weight excluding hydrogens is 614 g/mol. The molecule has 1 N–H and O–H groups in total. The van der Waals surface area contributed by atoms with Gasteiger partial charge >= 0.3 is 12.1 Å². The van der Waals surface area contributed by atoms with Gasteiger partial charge in [0.15, 0.2) is 5.82 Å². The van der Waals surface area contributed by atoms with Crippen molar-refractivity contribution in [1.29, 1.82) is 0 Å². The maximum Gasteiger partial charge on any atom is 0.410 e. The molecule has 3 aliphatic heterocycles. The number of rotatable bonds is 6. The normalized spacial score (nSPS) is 23.3. The molecule has 242 valence electrons. The molecule has 0 unspecified atom stereocenters. The minimum atomic E-state index is -0.910. The summed E-state index contributed by atoms with van der Waals surface area (Å²) < 4.78 is 42.8. The van der Waals surface area contributed by atoms with Crippen molar-refractivity contribution in [2.24, 2.45) is 0 Å². The highest BCUT2D eigenvalue weighted by Crippen LogP contribution is 2.41. The fourth-order valence-electron chi connectivity index (χ4n) is 7.10. The van der Waals surface area contributed by atoms with Gasteiger partial charge in [-0.25, -0.2) is 13.6 Å². The molecule has 12 heteroatoms. The zero-order valence-corrected chi connectivity index (χ0v) is 26.9. The quantitative estimate of drug-likeness (QED) is 0.238. The largest absolute Gasteiger partial charge is 0.461 e. The van der Waals surface area contributed by atoms with Crippen molar-refractivity contribution in [3.05, 3.63) is 53.4 Å². The molecule has 0 radical (unpaired) electrons. The SMILES string of the molecule is CC(C)(C)OC(=O)N1CC[C@@H](Nc2nc(OC[C@@]34CCCN3C[C@H](F)C4)nc3c(F)c(-c4cccc5cccc(Cl)c45)ncc23)C1. The van der Waals surface area contributed by atoms with E-state index in [1.807, 2.05) is 45.0 Å². The molecule has 7 rings (SSSR count). The lowest BCUT2D eigenvalue weighted by atomic mass is 9.95. The number of halogens is 3. The average Bonchev–Trinajstić information content (AvgIpc) is 3.70. The van der Waals surface area contributed by atoms with E-state index in [0.717, 1.165) is 24.8 Å². The number of fused-ring (bicyclic) bond motifs is 3. The van der Waals surface area contributed by atoms with Crippen LogP contribution in [0, 0.1) is 5.82 Å². The summed E-state index contributed by atoms with van der Waals surface area (Å²) >= 11 is 6.58. The molecule has 0 aliphatic carbocycles. The fraction of sp³-hybridized carbons (Fsp3) is 0.471. The Morgan fingerprint density at radius 1 is 1.15 bits per heavy atom. The third kappa shape index (κ3) is 5.79. The molecule has 2 aromatic carbocycles. The fourth-order valence-corrected chi connectivity index (χ4v) is 7.39. The van der Waals surface area contributed by atoms with Crippen molar-refractivity contribution in [1.82, 2.24) is 24.8 Å². The Kier molecular flexibility index (Phi) is 7.87. The molecule has 3 fully saturated rings. The van der Waals surface area contributed by atoms with E-state index in [2.05, 4.69) is 25.2 Å². The summed E-state index contributed by atoms with van der Waals surface area (Å²) in [6, 6.07) is 10.9. The number of benzene rings is 2. The van der Waals surface area contributed by atoms with Gasteiger partial charge in [0.05, 0.1) is 10.9 Å². The number of pyridine rings is 1. The van der Waals surface area contributed by atoms with Crippen molar-refractivity contribution in [2.75, 3.05) is 38.1 Å². The maximum absolute atomic E-state index is 16.6. The second kappa shape index (κ2) is 11.8. The second-order valence-corrected chi connectivity index (χ2v) is 14.0. The minimum Gasteiger partial charge on any atom is -0.461 e. The number of carbonyl (C=O) groups excluding carboxylic acids is 1. The van der Waals surface area contributed by atoms with Gasteiger partial charge in [-0.2, -0.15) is 9.97 Å². The van der Waals surface area contributed by atoms with E-state index in [4.69, 9.17) is 21.1 Å². The van der Waals surface area contributed by atoms with Crippen LogP contribution >= 0.6 is 11.6 Å². The first kappa shape index (κ1) is 30.8. The Labute approximate surface area is 271 Å². The second-order valence-electron chi connectivity index (χ2n) is 13.6. The predicted octanol–water partition coefficient (Wildman–Crippen LogP) is 7.01. The van der Waals surface area contributed by atoms with Crippen LogP contribution in [0.15, 0.2) is 42.6 Å². The highest BCUT2D eigenvalue weighted by molar-refractivity contribution is 6.36. The van der Waals surface area contributed by atoms with E-state index >= 15 is 4.39 Å². The molecular formula is C34H37ClF2N6O3. The third-order valence-corrected chi connectivity index (χ3v) is 9.50.